The molecule has 8 nitrogen and oxygen atoms in total. The zero-order valence-electron chi connectivity index (χ0n) is 16.1. The number of pyridine rings is 1. The van der Waals surface area contributed by atoms with Crippen LogP contribution in [0, 0.1) is 11.3 Å². The van der Waals surface area contributed by atoms with Crippen molar-refractivity contribution in [3.63, 3.8) is 0 Å². The molecule has 2 aromatic rings. The largest absolute Gasteiger partial charge is 0.398 e. The SMILES string of the molecule is COCC1CN(C(=N)c2cnc(NC(=O)NC(C)c3ccccc3)cc2N)C1. The summed E-state index contributed by atoms with van der Waals surface area (Å²) in [6.45, 7) is 4.14. The van der Waals surface area contributed by atoms with Crippen LogP contribution in [0.15, 0.2) is 42.6 Å². The van der Waals surface area contributed by atoms with Crippen LogP contribution in [0.3, 0.4) is 0 Å². The number of anilines is 2. The Hall–Kier alpha value is -3.13. The second-order valence-electron chi connectivity index (χ2n) is 6.96. The van der Waals surface area contributed by atoms with Gasteiger partial charge in [-0.25, -0.2) is 9.78 Å². The normalized spacial score (nSPS) is 14.9. The van der Waals surface area contributed by atoms with Crippen LogP contribution in [0.4, 0.5) is 16.3 Å². The standard InChI is InChI=1S/C20H26N6O2/c1-13(15-6-4-3-5-7-15)24-20(27)25-18-8-17(21)16(9-23-18)19(22)26-10-14(11-26)12-28-2/h3-9,13-14,22H,10-12H2,1-2H3,(H4,21,23,24,25,27). The molecule has 28 heavy (non-hydrogen) atoms. The number of carbonyl (C=O) groups excluding carboxylic acids is 1. The number of rotatable bonds is 6. The van der Waals surface area contributed by atoms with Crippen LogP contribution >= 0.6 is 0 Å². The molecule has 0 spiro atoms. The molecule has 1 aliphatic heterocycles. The van der Waals surface area contributed by atoms with Crippen molar-refractivity contribution in [2.75, 3.05) is 37.9 Å². The molecule has 2 heterocycles. The Balaban J connectivity index is 1.56. The van der Waals surface area contributed by atoms with Gasteiger partial charge in [-0.2, -0.15) is 0 Å². The number of nitrogens with zero attached hydrogens (tertiary/aromatic N) is 2. The Morgan fingerprint density at radius 3 is 2.75 bits per heavy atom. The van der Waals surface area contributed by atoms with Gasteiger partial charge in [-0.1, -0.05) is 30.3 Å². The van der Waals surface area contributed by atoms with Crippen LogP contribution in [0.25, 0.3) is 0 Å². The molecule has 1 atom stereocenters. The van der Waals surface area contributed by atoms with Gasteiger partial charge in [0.05, 0.1) is 18.2 Å². The number of nitrogens with one attached hydrogen (secondary N) is 3. The molecule has 1 fully saturated rings. The number of likely N-dealkylation sites (tertiary alicyclic amines) is 1. The van der Waals surface area contributed by atoms with Gasteiger partial charge in [0.15, 0.2) is 0 Å². The number of hydrogen-bond donors (Lipinski definition) is 4. The molecular formula is C20H26N6O2. The fourth-order valence-electron chi connectivity index (χ4n) is 3.18. The fourth-order valence-corrected chi connectivity index (χ4v) is 3.18. The molecule has 1 unspecified atom stereocenters. The van der Waals surface area contributed by atoms with Gasteiger partial charge < -0.3 is 20.7 Å². The monoisotopic (exact) mass is 382 g/mol. The third kappa shape index (κ3) is 4.58. The van der Waals surface area contributed by atoms with Crippen LogP contribution in [0.5, 0.6) is 0 Å². The van der Waals surface area contributed by atoms with Crippen LogP contribution in [0.1, 0.15) is 24.1 Å². The molecule has 148 valence electrons. The Kier molecular flexibility index (Phi) is 6.10. The molecule has 8 heteroatoms. The third-order valence-electron chi connectivity index (χ3n) is 4.76. The van der Waals surface area contributed by atoms with E-state index in [4.69, 9.17) is 15.9 Å². The van der Waals surface area contributed by atoms with E-state index < -0.39 is 0 Å². The first-order chi connectivity index (χ1) is 13.5. The lowest BCUT2D eigenvalue weighted by atomic mass is 9.99. The molecular weight excluding hydrogens is 356 g/mol. The number of carbonyl (C=O) groups is 1. The lowest BCUT2D eigenvalue weighted by Gasteiger charge is -2.40. The van der Waals surface area contributed by atoms with Crippen LogP contribution < -0.4 is 16.4 Å². The molecule has 3 rings (SSSR count). The molecule has 0 radical (unpaired) electrons. The Labute approximate surface area is 164 Å². The maximum atomic E-state index is 12.2. The molecule has 2 amide bonds. The minimum Gasteiger partial charge on any atom is -0.398 e. The molecule has 1 aliphatic rings. The highest BCUT2D eigenvalue weighted by Gasteiger charge is 2.29. The van der Waals surface area contributed by atoms with Gasteiger partial charge in [0.1, 0.15) is 11.7 Å². The molecule has 0 aliphatic carbocycles. The van der Waals surface area contributed by atoms with E-state index in [0.717, 1.165) is 18.7 Å². The van der Waals surface area contributed by atoms with Gasteiger partial charge in [0.2, 0.25) is 0 Å². The lowest BCUT2D eigenvalue weighted by molar-refractivity contribution is 0.0755. The summed E-state index contributed by atoms with van der Waals surface area (Å²) in [5.41, 5.74) is 8.07. The highest BCUT2D eigenvalue weighted by Crippen LogP contribution is 2.23. The number of nitrogen functional groups attached to an aromatic ring is 1. The summed E-state index contributed by atoms with van der Waals surface area (Å²) >= 11 is 0. The van der Waals surface area contributed by atoms with Crippen LogP contribution in [-0.4, -0.2) is 48.6 Å². The first kappa shape index (κ1) is 19.6. The Morgan fingerprint density at radius 1 is 1.39 bits per heavy atom. The molecule has 0 saturated carbocycles. The minimum absolute atomic E-state index is 0.141. The summed E-state index contributed by atoms with van der Waals surface area (Å²) in [6, 6.07) is 10.8. The predicted octanol–water partition coefficient (Wildman–Crippen LogP) is 2.45. The van der Waals surface area contributed by atoms with Crippen molar-refractivity contribution in [3.05, 3.63) is 53.7 Å². The van der Waals surface area contributed by atoms with Crippen LogP contribution in [0.2, 0.25) is 0 Å². The number of hydrogen-bond acceptors (Lipinski definition) is 5. The summed E-state index contributed by atoms with van der Waals surface area (Å²) in [6.07, 6.45) is 1.53. The zero-order valence-corrected chi connectivity index (χ0v) is 16.1. The van der Waals surface area contributed by atoms with Gasteiger partial charge in [-0.05, 0) is 12.5 Å². The quantitative estimate of drug-likeness (QED) is 0.452. The highest BCUT2D eigenvalue weighted by atomic mass is 16.5. The maximum Gasteiger partial charge on any atom is 0.320 e. The van der Waals surface area contributed by atoms with Crippen molar-refractivity contribution in [1.29, 1.82) is 5.41 Å². The van der Waals surface area contributed by atoms with Gasteiger partial charge in [0.25, 0.3) is 0 Å². The van der Waals surface area contributed by atoms with E-state index in [1.807, 2.05) is 42.2 Å². The fraction of sp³-hybridized carbons (Fsp3) is 0.350. The second-order valence-corrected chi connectivity index (χ2v) is 6.96. The molecule has 1 aromatic carbocycles. The summed E-state index contributed by atoms with van der Waals surface area (Å²) < 4.78 is 5.13. The zero-order chi connectivity index (χ0) is 20.1. The molecule has 0 bridgehead atoms. The van der Waals surface area contributed by atoms with Gasteiger partial charge in [0, 0.05) is 44.1 Å². The lowest BCUT2D eigenvalue weighted by Crippen LogP contribution is -2.51. The number of methoxy groups -OCH3 is 1. The number of urea groups is 1. The summed E-state index contributed by atoms with van der Waals surface area (Å²) in [7, 11) is 1.68. The van der Waals surface area contributed by atoms with Crippen molar-refractivity contribution in [1.82, 2.24) is 15.2 Å². The van der Waals surface area contributed by atoms with E-state index in [1.165, 1.54) is 6.20 Å². The highest BCUT2D eigenvalue weighted by molar-refractivity contribution is 6.01. The predicted molar refractivity (Wildman–Crippen MR) is 109 cm³/mol. The minimum atomic E-state index is -0.365. The molecule has 5 N–H and O–H groups in total. The van der Waals surface area contributed by atoms with E-state index in [-0.39, 0.29) is 12.1 Å². The summed E-state index contributed by atoms with van der Waals surface area (Å²) in [5, 5.41) is 13.9. The number of ether oxygens (including phenoxy) is 1. The molecule has 1 saturated heterocycles. The van der Waals surface area contributed by atoms with Crippen LogP contribution in [-0.2, 0) is 4.74 Å². The average molecular weight is 382 g/mol. The maximum absolute atomic E-state index is 12.2. The van der Waals surface area contributed by atoms with Gasteiger partial charge in [-0.3, -0.25) is 10.7 Å². The van der Waals surface area contributed by atoms with E-state index in [2.05, 4.69) is 15.6 Å². The Morgan fingerprint density at radius 2 is 2.11 bits per heavy atom. The van der Waals surface area contributed by atoms with Crippen molar-refractivity contribution in [3.8, 4) is 0 Å². The van der Waals surface area contributed by atoms with Gasteiger partial charge in [-0.15, -0.1) is 0 Å². The third-order valence-corrected chi connectivity index (χ3v) is 4.76. The smallest absolute Gasteiger partial charge is 0.320 e. The van der Waals surface area contributed by atoms with E-state index in [9.17, 15) is 4.79 Å². The topological polar surface area (TPSA) is 116 Å². The average Bonchev–Trinajstić information content (AvgIpc) is 2.64. The number of nitrogens with two attached hydrogens (primary N) is 1. The number of aromatic nitrogens is 1. The first-order valence-electron chi connectivity index (χ1n) is 9.18. The number of amides is 2. The van der Waals surface area contributed by atoms with Crippen molar-refractivity contribution >= 4 is 23.4 Å². The van der Waals surface area contributed by atoms with E-state index in [0.29, 0.717) is 35.4 Å². The van der Waals surface area contributed by atoms with Gasteiger partial charge >= 0.3 is 6.03 Å². The summed E-state index contributed by atoms with van der Waals surface area (Å²) in [5.74, 6) is 1.12. The number of benzene rings is 1. The first-order valence-corrected chi connectivity index (χ1v) is 9.18. The van der Waals surface area contributed by atoms with Crippen molar-refractivity contribution in [2.24, 2.45) is 5.92 Å². The Bertz CT molecular complexity index is 836. The van der Waals surface area contributed by atoms with E-state index in [1.54, 1.807) is 13.2 Å². The second kappa shape index (κ2) is 8.71. The van der Waals surface area contributed by atoms with Crippen molar-refractivity contribution < 1.29 is 9.53 Å². The molecule has 1 aromatic heterocycles. The van der Waals surface area contributed by atoms with Crippen molar-refractivity contribution in [2.45, 2.75) is 13.0 Å². The number of amidine groups is 1. The van der Waals surface area contributed by atoms with E-state index >= 15 is 0 Å². The summed E-state index contributed by atoms with van der Waals surface area (Å²) in [4.78, 5) is 18.4.